The van der Waals surface area contributed by atoms with Crippen molar-refractivity contribution in [3.8, 4) is 0 Å². The molecule has 0 aromatic carbocycles. The predicted molar refractivity (Wildman–Crippen MR) is 72.2 cm³/mol. The molecular weight excluding hydrogens is 301 g/mol. The SMILES string of the molecule is COOP(=O)(CNC12CCC(CC1)C[C@H]2C(=O)O)OOC. The van der Waals surface area contributed by atoms with Crippen LogP contribution in [0.25, 0.3) is 0 Å². The molecule has 0 unspecified atom stereocenters. The minimum Gasteiger partial charge on any atom is -0.481 e. The van der Waals surface area contributed by atoms with E-state index < -0.39 is 25.0 Å². The van der Waals surface area contributed by atoms with Crippen LogP contribution in [0.3, 0.4) is 0 Å². The Morgan fingerprint density at radius 3 is 2.33 bits per heavy atom. The average Bonchev–Trinajstić information content (AvgIpc) is 2.47. The van der Waals surface area contributed by atoms with Gasteiger partial charge in [0.2, 0.25) is 0 Å². The molecule has 3 rings (SSSR count). The Labute approximate surface area is 123 Å². The fraction of sp³-hybridized carbons (Fsp3) is 0.917. The Hall–Kier alpha value is -0.500. The smallest absolute Gasteiger partial charge is 0.397 e. The third kappa shape index (κ3) is 3.64. The summed E-state index contributed by atoms with van der Waals surface area (Å²) in [5.74, 6) is -0.822. The van der Waals surface area contributed by atoms with E-state index in [2.05, 4.69) is 24.4 Å². The Morgan fingerprint density at radius 2 is 1.86 bits per heavy atom. The number of rotatable bonds is 8. The van der Waals surface area contributed by atoms with Crippen LogP contribution in [0.1, 0.15) is 32.1 Å². The van der Waals surface area contributed by atoms with Crippen molar-refractivity contribution >= 4 is 13.6 Å². The molecule has 0 amide bonds. The van der Waals surface area contributed by atoms with Crippen molar-refractivity contribution in [3.63, 3.8) is 0 Å². The molecule has 0 heterocycles. The molecule has 8 nitrogen and oxygen atoms in total. The number of aliphatic carboxylic acids is 1. The van der Waals surface area contributed by atoms with Crippen molar-refractivity contribution in [1.82, 2.24) is 5.32 Å². The summed E-state index contributed by atoms with van der Waals surface area (Å²) in [5, 5.41) is 12.6. The lowest BCUT2D eigenvalue weighted by Crippen LogP contribution is -2.60. The summed E-state index contributed by atoms with van der Waals surface area (Å²) in [6, 6.07) is 0. The lowest BCUT2D eigenvalue weighted by Gasteiger charge is -2.51. The molecule has 0 aliphatic heterocycles. The van der Waals surface area contributed by atoms with Crippen LogP contribution >= 0.6 is 7.60 Å². The number of fused-ring (bicyclic) bond motifs is 3. The van der Waals surface area contributed by atoms with Gasteiger partial charge in [0.1, 0.15) is 6.29 Å². The highest BCUT2D eigenvalue weighted by atomic mass is 31.2. The van der Waals surface area contributed by atoms with Crippen LogP contribution in [0, 0.1) is 11.8 Å². The van der Waals surface area contributed by atoms with Gasteiger partial charge in [-0.25, -0.2) is 9.78 Å². The van der Waals surface area contributed by atoms with Crippen LogP contribution in [0.5, 0.6) is 0 Å². The van der Waals surface area contributed by atoms with Crippen LogP contribution < -0.4 is 5.32 Å². The van der Waals surface area contributed by atoms with E-state index in [1.807, 2.05) is 0 Å². The molecule has 2 bridgehead atoms. The molecule has 21 heavy (non-hydrogen) atoms. The molecule has 0 radical (unpaired) electrons. The zero-order valence-corrected chi connectivity index (χ0v) is 13.1. The molecule has 9 heteroatoms. The summed E-state index contributed by atoms with van der Waals surface area (Å²) in [6.07, 6.45) is 3.95. The molecule has 0 aromatic heterocycles. The van der Waals surface area contributed by atoms with Crippen molar-refractivity contribution in [3.05, 3.63) is 0 Å². The monoisotopic (exact) mass is 323 g/mol. The number of hydrogen-bond donors (Lipinski definition) is 2. The molecule has 122 valence electrons. The lowest BCUT2D eigenvalue weighted by atomic mass is 9.60. The zero-order valence-electron chi connectivity index (χ0n) is 12.2. The molecule has 0 aromatic rings. The number of carboxylic acid groups (broad SMARTS) is 1. The van der Waals surface area contributed by atoms with Gasteiger partial charge in [0, 0.05) is 5.54 Å². The summed E-state index contributed by atoms with van der Waals surface area (Å²) < 4.78 is 21.6. The van der Waals surface area contributed by atoms with Gasteiger partial charge in [-0.1, -0.05) is 0 Å². The molecule has 1 atom stereocenters. The van der Waals surface area contributed by atoms with Gasteiger partial charge in [-0.05, 0) is 38.0 Å². The summed E-state index contributed by atoms with van der Waals surface area (Å²) in [6.45, 7) is 0. The van der Waals surface area contributed by atoms with Crippen LogP contribution in [-0.4, -0.2) is 37.1 Å². The second-order valence-electron chi connectivity index (χ2n) is 5.65. The van der Waals surface area contributed by atoms with Gasteiger partial charge < -0.3 is 5.11 Å². The topological polar surface area (TPSA) is 103 Å². The number of nitrogens with one attached hydrogen (secondary N) is 1. The summed E-state index contributed by atoms with van der Waals surface area (Å²) >= 11 is 0. The molecule has 0 spiro atoms. The van der Waals surface area contributed by atoms with E-state index in [1.165, 1.54) is 14.2 Å². The lowest BCUT2D eigenvalue weighted by molar-refractivity contribution is -0.242. The standard InChI is InChI=1S/C12H22NO7P/c1-17-19-21(16,20-18-2)8-13-12-5-3-9(4-6-12)7-10(12)11(14)15/h9-10,13H,3-8H2,1-2H3,(H,14,15)/t9?,10-,12?/m0/s1. The van der Waals surface area contributed by atoms with E-state index in [0.717, 1.165) is 25.7 Å². The summed E-state index contributed by atoms with van der Waals surface area (Å²) in [5.41, 5.74) is -0.565. The van der Waals surface area contributed by atoms with Gasteiger partial charge in [-0.15, -0.1) is 9.35 Å². The van der Waals surface area contributed by atoms with Crippen LogP contribution in [0.15, 0.2) is 0 Å². The highest BCUT2D eigenvalue weighted by molar-refractivity contribution is 7.53. The quantitative estimate of drug-likeness (QED) is 0.397. The fourth-order valence-electron chi connectivity index (χ4n) is 3.52. The van der Waals surface area contributed by atoms with E-state index >= 15 is 0 Å². The van der Waals surface area contributed by atoms with Crippen LogP contribution in [-0.2, 0) is 28.5 Å². The van der Waals surface area contributed by atoms with E-state index in [0.29, 0.717) is 12.3 Å². The minimum absolute atomic E-state index is 0.164. The van der Waals surface area contributed by atoms with Crippen molar-refractivity contribution in [2.75, 3.05) is 20.5 Å². The predicted octanol–water partition coefficient (Wildman–Crippen LogP) is 1.92. The third-order valence-electron chi connectivity index (χ3n) is 4.53. The number of hydrogen-bond acceptors (Lipinski definition) is 7. The number of carbonyl (C=O) groups is 1. The summed E-state index contributed by atoms with van der Waals surface area (Å²) in [4.78, 5) is 20.4. The van der Waals surface area contributed by atoms with E-state index in [-0.39, 0.29) is 6.29 Å². The van der Waals surface area contributed by atoms with Gasteiger partial charge >= 0.3 is 13.6 Å². The third-order valence-corrected chi connectivity index (χ3v) is 5.83. The fourth-order valence-corrected chi connectivity index (χ4v) is 4.61. The highest BCUT2D eigenvalue weighted by Crippen LogP contribution is 2.52. The van der Waals surface area contributed by atoms with Gasteiger partial charge in [-0.2, -0.15) is 0 Å². The van der Waals surface area contributed by atoms with Crippen molar-refractivity contribution in [2.45, 2.75) is 37.6 Å². The Kier molecular flexibility index (Phi) is 5.40. The molecule has 3 fully saturated rings. The van der Waals surface area contributed by atoms with Gasteiger partial charge in [0.05, 0.1) is 20.1 Å². The van der Waals surface area contributed by atoms with Crippen molar-refractivity contribution in [1.29, 1.82) is 0 Å². The second kappa shape index (κ2) is 6.73. The maximum Gasteiger partial charge on any atom is 0.397 e. The molecule has 0 saturated heterocycles. The highest BCUT2D eigenvalue weighted by Gasteiger charge is 2.51. The Morgan fingerprint density at radius 1 is 1.29 bits per heavy atom. The van der Waals surface area contributed by atoms with Gasteiger partial charge in [0.25, 0.3) is 0 Å². The summed E-state index contributed by atoms with van der Waals surface area (Å²) in [7, 11) is -1.19. The maximum absolute atomic E-state index is 12.3. The molecule has 3 aliphatic carbocycles. The molecule has 3 saturated carbocycles. The molecular formula is C12H22NO7P. The Balaban J connectivity index is 2.08. The molecule has 3 aliphatic rings. The zero-order chi connectivity index (χ0) is 15.5. The normalized spacial score (nSPS) is 32.3. The first kappa shape index (κ1) is 16.9. The first-order valence-corrected chi connectivity index (χ1v) is 8.69. The van der Waals surface area contributed by atoms with E-state index in [1.54, 1.807) is 0 Å². The van der Waals surface area contributed by atoms with Crippen molar-refractivity contribution < 1.29 is 33.6 Å². The van der Waals surface area contributed by atoms with Crippen LogP contribution in [0.4, 0.5) is 0 Å². The largest absolute Gasteiger partial charge is 0.481 e. The number of carboxylic acids is 1. The van der Waals surface area contributed by atoms with Crippen molar-refractivity contribution in [2.24, 2.45) is 11.8 Å². The minimum atomic E-state index is -3.63. The first-order valence-electron chi connectivity index (χ1n) is 6.96. The van der Waals surface area contributed by atoms with Gasteiger partial charge in [-0.3, -0.25) is 14.7 Å². The first-order chi connectivity index (χ1) is 9.95. The average molecular weight is 323 g/mol. The van der Waals surface area contributed by atoms with Gasteiger partial charge in [0.15, 0.2) is 0 Å². The Bertz CT molecular complexity index is 412. The van der Waals surface area contributed by atoms with Crippen LogP contribution in [0.2, 0.25) is 0 Å². The second-order valence-corrected chi connectivity index (χ2v) is 7.49. The van der Waals surface area contributed by atoms with E-state index in [4.69, 9.17) is 0 Å². The van der Waals surface area contributed by atoms with E-state index in [9.17, 15) is 14.5 Å². The molecule has 2 N–H and O–H groups in total. The maximum atomic E-state index is 12.3.